The van der Waals surface area contributed by atoms with Crippen LogP contribution in [0.25, 0.3) is 10.6 Å². The third-order valence-corrected chi connectivity index (χ3v) is 5.53. The van der Waals surface area contributed by atoms with Crippen molar-refractivity contribution in [2.45, 2.75) is 18.9 Å². The van der Waals surface area contributed by atoms with Gasteiger partial charge in [-0.25, -0.2) is 14.8 Å². The average Bonchev–Trinajstić information content (AvgIpc) is 3.23. The van der Waals surface area contributed by atoms with E-state index in [2.05, 4.69) is 25.5 Å². The third kappa shape index (κ3) is 4.74. The smallest absolute Gasteiger partial charge is 0.407 e. The van der Waals surface area contributed by atoms with Gasteiger partial charge in [0.15, 0.2) is 0 Å². The highest BCUT2D eigenvalue weighted by atomic mass is 32.1. The zero-order valence-corrected chi connectivity index (χ0v) is 17.0. The molecular weight excluding hydrogens is 408 g/mol. The summed E-state index contributed by atoms with van der Waals surface area (Å²) in [5, 5.41) is 21.9. The van der Waals surface area contributed by atoms with Crippen LogP contribution in [0.3, 0.4) is 0 Å². The number of hydrogen-bond acceptors (Lipinski definition) is 9. The Morgan fingerprint density at radius 2 is 1.97 bits per heavy atom. The van der Waals surface area contributed by atoms with Crippen molar-refractivity contribution in [3.8, 4) is 22.2 Å². The fourth-order valence-corrected chi connectivity index (χ4v) is 3.80. The summed E-state index contributed by atoms with van der Waals surface area (Å²) in [4.78, 5) is 20.7. The molecule has 1 aliphatic heterocycles. The van der Waals surface area contributed by atoms with Gasteiger partial charge in [0.25, 0.3) is 0 Å². The highest BCUT2D eigenvalue weighted by molar-refractivity contribution is 7.18. The second-order valence-electron chi connectivity index (χ2n) is 6.59. The highest BCUT2D eigenvalue weighted by Crippen LogP contribution is 2.29. The molecule has 1 amide bonds. The first kappa shape index (κ1) is 19.8. The van der Waals surface area contributed by atoms with E-state index in [9.17, 15) is 4.79 Å². The minimum Gasteiger partial charge on any atom is -0.497 e. The molecule has 11 heteroatoms. The van der Waals surface area contributed by atoms with E-state index in [1.165, 1.54) is 22.6 Å². The topological polar surface area (TPSA) is 123 Å². The molecule has 156 valence electrons. The molecule has 10 nitrogen and oxygen atoms in total. The Hall–Kier alpha value is -3.47. The van der Waals surface area contributed by atoms with Gasteiger partial charge < -0.3 is 24.8 Å². The van der Waals surface area contributed by atoms with E-state index < -0.39 is 6.09 Å². The first-order chi connectivity index (χ1) is 14.6. The number of anilines is 2. The van der Waals surface area contributed by atoms with E-state index in [1.54, 1.807) is 13.2 Å². The summed E-state index contributed by atoms with van der Waals surface area (Å²) in [6.45, 7) is 0.907. The fourth-order valence-electron chi connectivity index (χ4n) is 3.04. The molecule has 3 aromatic rings. The number of aromatic nitrogens is 4. The summed E-state index contributed by atoms with van der Waals surface area (Å²) >= 11 is 1.40. The van der Waals surface area contributed by atoms with Crippen LogP contribution in [0.15, 0.2) is 36.7 Å². The van der Waals surface area contributed by atoms with Crippen molar-refractivity contribution in [3.63, 3.8) is 0 Å². The molecule has 30 heavy (non-hydrogen) atoms. The largest absolute Gasteiger partial charge is 0.497 e. The number of nitrogens with zero attached hydrogens (tertiary/aromatic N) is 5. The van der Waals surface area contributed by atoms with Gasteiger partial charge in [0, 0.05) is 37.6 Å². The predicted molar refractivity (Wildman–Crippen MR) is 110 cm³/mol. The molecule has 4 rings (SSSR count). The predicted octanol–water partition coefficient (Wildman–Crippen LogP) is 3.27. The lowest BCUT2D eigenvalue weighted by molar-refractivity contribution is 0.0870. The van der Waals surface area contributed by atoms with Crippen LogP contribution in [-0.4, -0.2) is 62.6 Å². The standard InChI is InChI=1S/C19H20N6O4S/c1-28-13-4-2-12(3-5-13)17-23-24-18(30-17)22-15-10-16(21-11-20-15)29-14-6-8-25(9-7-14)19(26)27/h2-5,10-11,14H,6-9H2,1H3,(H,26,27)(H,20,21,22,24). The number of hydrogen-bond donors (Lipinski definition) is 2. The van der Waals surface area contributed by atoms with Crippen LogP contribution in [0.2, 0.25) is 0 Å². The van der Waals surface area contributed by atoms with Crippen LogP contribution in [0.5, 0.6) is 11.6 Å². The van der Waals surface area contributed by atoms with Crippen LogP contribution >= 0.6 is 11.3 Å². The number of carboxylic acid groups (broad SMARTS) is 1. The van der Waals surface area contributed by atoms with Gasteiger partial charge in [-0.1, -0.05) is 11.3 Å². The number of likely N-dealkylation sites (tertiary alicyclic amines) is 1. The van der Waals surface area contributed by atoms with E-state index in [-0.39, 0.29) is 6.10 Å². The molecule has 0 unspecified atom stereocenters. The van der Waals surface area contributed by atoms with Gasteiger partial charge in [0.1, 0.15) is 29.0 Å². The van der Waals surface area contributed by atoms with E-state index >= 15 is 0 Å². The summed E-state index contributed by atoms with van der Waals surface area (Å²) in [5.74, 6) is 1.75. The molecule has 1 aromatic carbocycles. The van der Waals surface area contributed by atoms with Crippen LogP contribution in [-0.2, 0) is 0 Å². The zero-order chi connectivity index (χ0) is 20.9. The summed E-state index contributed by atoms with van der Waals surface area (Å²) in [5.41, 5.74) is 0.945. The normalized spacial score (nSPS) is 14.4. The molecule has 1 saturated heterocycles. The van der Waals surface area contributed by atoms with Gasteiger partial charge in [0.05, 0.1) is 7.11 Å². The van der Waals surface area contributed by atoms with Crippen molar-refractivity contribution in [1.29, 1.82) is 0 Å². The quantitative estimate of drug-likeness (QED) is 0.609. The maximum absolute atomic E-state index is 11.0. The Morgan fingerprint density at radius 1 is 1.20 bits per heavy atom. The lowest BCUT2D eigenvalue weighted by Crippen LogP contribution is -2.41. The van der Waals surface area contributed by atoms with Gasteiger partial charge in [-0.05, 0) is 24.3 Å². The van der Waals surface area contributed by atoms with Gasteiger partial charge in [0.2, 0.25) is 11.0 Å². The second kappa shape index (κ2) is 8.91. The minimum atomic E-state index is -0.895. The molecule has 0 radical (unpaired) electrons. The van der Waals surface area contributed by atoms with E-state index in [1.807, 2.05) is 24.3 Å². The minimum absolute atomic E-state index is 0.0773. The monoisotopic (exact) mass is 428 g/mol. The number of piperidine rings is 1. The second-order valence-corrected chi connectivity index (χ2v) is 7.57. The third-order valence-electron chi connectivity index (χ3n) is 4.64. The molecule has 2 N–H and O–H groups in total. The summed E-state index contributed by atoms with van der Waals surface area (Å²) < 4.78 is 11.1. The van der Waals surface area contributed by atoms with E-state index in [0.717, 1.165) is 16.3 Å². The Balaban J connectivity index is 1.38. The lowest BCUT2D eigenvalue weighted by atomic mass is 10.1. The number of nitrogens with one attached hydrogen (secondary N) is 1. The van der Waals surface area contributed by atoms with Gasteiger partial charge in [-0.15, -0.1) is 10.2 Å². The summed E-state index contributed by atoms with van der Waals surface area (Å²) in [6, 6.07) is 9.29. The maximum Gasteiger partial charge on any atom is 0.407 e. The van der Waals surface area contributed by atoms with Crippen molar-refractivity contribution >= 4 is 28.4 Å². The maximum atomic E-state index is 11.0. The summed E-state index contributed by atoms with van der Waals surface area (Å²) in [6.07, 6.45) is 1.69. The molecule has 0 spiro atoms. The molecule has 3 heterocycles. The number of amides is 1. The molecule has 0 saturated carbocycles. The Bertz CT molecular complexity index is 1000. The van der Waals surface area contributed by atoms with E-state index in [4.69, 9.17) is 14.6 Å². The number of methoxy groups -OCH3 is 1. The number of benzene rings is 1. The van der Waals surface area contributed by atoms with Crippen molar-refractivity contribution in [2.75, 3.05) is 25.5 Å². The zero-order valence-electron chi connectivity index (χ0n) is 16.2. The first-order valence-electron chi connectivity index (χ1n) is 9.32. The summed E-state index contributed by atoms with van der Waals surface area (Å²) in [7, 11) is 1.63. The average molecular weight is 428 g/mol. The number of rotatable bonds is 6. The molecule has 2 aromatic heterocycles. The molecule has 0 atom stereocenters. The van der Waals surface area contributed by atoms with Crippen molar-refractivity contribution in [3.05, 3.63) is 36.7 Å². The Morgan fingerprint density at radius 3 is 2.67 bits per heavy atom. The van der Waals surface area contributed by atoms with Gasteiger partial charge >= 0.3 is 6.09 Å². The SMILES string of the molecule is COc1ccc(-c2nnc(Nc3cc(OC4CCN(C(=O)O)CC4)ncn3)s2)cc1. The molecular formula is C19H20N6O4S. The van der Waals surface area contributed by atoms with Gasteiger partial charge in [-0.2, -0.15) is 0 Å². The van der Waals surface area contributed by atoms with Gasteiger partial charge in [-0.3, -0.25) is 0 Å². The Kier molecular flexibility index (Phi) is 5.89. The fraction of sp³-hybridized carbons (Fsp3) is 0.316. The van der Waals surface area contributed by atoms with Crippen molar-refractivity contribution in [1.82, 2.24) is 25.1 Å². The lowest BCUT2D eigenvalue weighted by Gasteiger charge is -2.29. The Labute approximate surface area is 176 Å². The van der Waals surface area contributed by atoms with Crippen molar-refractivity contribution < 1.29 is 19.4 Å². The van der Waals surface area contributed by atoms with Crippen LogP contribution in [0.4, 0.5) is 15.7 Å². The molecule has 0 bridgehead atoms. The van der Waals surface area contributed by atoms with Crippen LogP contribution in [0.1, 0.15) is 12.8 Å². The molecule has 1 fully saturated rings. The molecule has 1 aliphatic rings. The number of ether oxygens (including phenoxy) is 2. The van der Waals surface area contributed by atoms with Crippen LogP contribution in [0, 0.1) is 0 Å². The van der Waals surface area contributed by atoms with Crippen molar-refractivity contribution in [2.24, 2.45) is 0 Å². The highest BCUT2D eigenvalue weighted by Gasteiger charge is 2.23. The molecule has 0 aliphatic carbocycles. The van der Waals surface area contributed by atoms with Crippen LogP contribution < -0.4 is 14.8 Å². The number of carbonyl (C=O) groups is 1. The first-order valence-corrected chi connectivity index (χ1v) is 10.1. The van der Waals surface area contributed by atoms with E-state index in [0.29, 0.717) is 42.8 Å².